The van der Waals surface area contributed by atoms with Gasteiger partial charge in [-0.25, -0.2) is 0 Å². The molecule has 1 aromatic heterocycles. The molecular weight excluding hydrogens is 256 g/mol. The summed E-state index contributed by atoms with van der Waals surface area (Å²) >= 11 is 5.10. The molecule has 0 radical (unpaired) electrons. The number of furan rings is 1. The van der Waals surface area contributed by atoms with Crippen LogP contribution < -0.4 is 5.43 Å². The summed E-state index contributed by atoms with van der Waals surface area (Å²) in [4.78, 5) is 11.7. The molecule has 0 unspecified atom stereocenters. The van der Waals surface area contributed by atoms with Crippen molar-refractivity contribution in [3.8, 4) is 0 Å². The number of hydrazone groups is 1. The summed E-state index contributed by atoms with van der Waals surface area (Å²) in [7, 11) is 0. The van der Waals surface area contributed by atoms with Crippen LogP contribution in [0.5, 0.6) is 0 Å². The molecule has 0 aliphatic carbocycles. The first kappa shape index (κ1) is 14.1. The molecule has 0 saturated heterocycles. The van der Waals surface area contributed by atoms with Crippen LogP contribution in [0.15, 0.2) is 21.7 Å². The van der Waals surface area contributed by atoms with Crippen LogP contribution in [0.3, 0.4) is 0 Å². The molecule has 0 aliphatic rings. The van der Waals surface area contributed by atoms with Gasteiger partial charge in [0.2, 0.25) is 0 Å². The molecule has 1 rings (SSSR count). The van der Waals surface area contributed by atoms with E-state index in [1.807, 2.05) is 18.7 Å². The maximum Gasteiger partial charge on any atom is 0.433 e. The minimum Gasteiger partial charge on any atom is -0.400 e. The first-order chi connectivity index (χ1) is 8.58. The molecule has 0 spiro atoms. The van der Waals surface area contributed by atoms with E-state index in [-0.39, 0.29) is 11.6 Å². The van der Waals surface area contributed by atoms with Gasteiger partial charge < -0.3 is 9.32 Å². The molecular formula is C10H14N4O3S. The fourth-order valence-electron chi connectivity index (χ4n) is 1.24. The Morgan fingerprint density at radius 1 is 1.61 bits per heavy atom. The summed E-state index contributed by atoms with van der Waals surface area (Å²) in [5.41, 5.74) is 2.67. The SMILES string of the molecule is CCN(CC)C(=S)N/N=C/c1ccc([N+](=O)[O-])o1. The summed E-state index contributed by atoms with van der Waals surface area (Å²) in [6, 6.07) is 2.73. The Labute approximate surface area is 110 Å². The smallest absolute Gasteiger partial charge is 0.400 e. The summed E-state index contributed by atoms with van der Waals surface area (Å²) in [5.74, 6) is -0.0284. The van der Waals surface area contributed by atoms with Crippen LogP contribution in [0.4, 0.5) is 5.88 Å². The van der Waals surface area contributed by atoms with Crippen LogP contribution in [-0.2, 0) is 0 Å². The number of nitrogens with zero attached hydrogens (tertiary/aromatic N) is 3. The second-order valence-corrected chi connectivity index (χ2v) is 3.67. The Balaban J connectivity index is 2.54. The van der Waals surface area contributed by atoms with Gasteiger partial charge in [0.1, 0.15) is 4.92 Å². The number of nitro groups is 1. The zero-order chi connectivity index (χ0) is 13.5. The van der Waals surface area contributed by atoms with Crippen molar-refractivity contribution >= 4 is 29.4 Å². The van der Waals surface area contributed by atoms with E-state index >= 15 is 0 Å². The zero-order valence-electron chi connectivity index (χ0n) is 10.1. The molecule has 7 nitrogen and oxygen atoms in total. The standard InChI is InChI=1S/C10H14N4O3S/c1-3-13(4-2)10(18)12-11-7-8-5-6-9(17-8)14(15)16/h5-7H,3-4H2,1-2H3,(H,12,18)/b11-7+. The molecule has 0 amide bonds. The highest BCUT2D eigenvalue weighted by Crippen LogP contribution is 2.13. The topological polar surface area (TPSA) is 83.9 Å². The lowest BCUT2D eigenvalue weighted by molar-refractivity contribution is -0.402. The number of hydrogen-bond acceptors (Lipinski definition) is 5. The Kier molecular flexibility index (Phi) is 5.25. The average molecular weight is 270 g/mol. The molecule has 0 aromatic carbocycles. The lowest BCUT2D eigenvalue weighted by Gasteiger charge is -2.20. The van der Waals surface area contributed by atoms with Gasteiger partial charge in [-0.3, -0.25) is 15.5 Å². The lowest BCUT2D eigenvalue weighted by Crippen LogP contribution is -2.37. The number of nitrogens with one attached hydrogen (secondary N) is 1. The average Bonchev–Trinajstić information content (AvgIpc) is 2.79. The van der Waals surface area contributed by atoms with Crippen molar-refractivity contribution in [2.45, 2.75) is 13.8 Å². The van der Waals surface area contributed by atoms with Crippen LogP contribution in [0.1, 0.15) is 19.6 Å². The van der Waals surface area contributed by atoms with Crippen LogP contribution in [0, 0.1) is 10.1 Å². The molecule has 0 fully saturated rings. The van der Waals surface area contributed by atoms with E-state index in [1.165, 1.54) is 18.3 Å². The first-order valence-corrected chi connectivity index (χ1v) is 5.81. The van der Waals surface area contributed by atoms with Gasteiger partial charge in [-0.1, -0.05) is 0 Å². The molecule has 8 heteroatoms. The molecule has 98 valence electrons. The van der Waals surface area contributed by atoms with E-state index in [2.05, 4.69) is 10.5 Å². The fraction of sp³-hybridized carbons (Fsp3) is 0.400. The Morgan fingerprint density at radius 2 is 2.28 bits per heavy atom. The van der Waals surface area contributed by atoms with Gasteiger partial charge >= 0.3 is 5.88 Å². The van der Waals surface area contributed by atoms with Gasteiger partial charge in [0, 0.05) is 13.1 Å². The van der Waals surface area contributed by atoms with Crippen LogP contribution in [-0.4, -0.2) is 34.2 Å². The van der Waals surface area contributed by atoms with Crippen molar-refractivity contribution in [3.63, 3.8) is 0 Å². The molecule has 0 aliphatic heterocycles. The van der Waals surface area contributed by atoms with Crippen molar-refractivity contribution < 1.29 is 9.34 Å². The molecule has 0 atom stereocenters. The van der Waals surface area contributed by atoms with E-state index in [9.17, 15) is 10.1 Å². The minimum absolute atomic E-state index is 0.288. The van der Waals surface area contributed by atoms with Crippen molar-refractivity contribution in [2.24, 2.45) is 5.10 Å². The molecule has 1 N–H and O–H groups in total. The Bertz CT molecular complexity index is 454. The first-order valence-electron chi connectivity index (χ1n) is 5.40. The Hall–Kier alpha value is -1.96. The number of hydrogen-bond donors (Lipinski definition) is 1. The van der Waals surface area contributed by atoms with Crippen molar-refractivity contribution in [3.05, 3.63) is 28.0 Å². The summed E-state index contributed by atoms with van der Waals surface area (Å²) in [6.07, 6.45) is 1.34. The second kappa shape index (κ2) is 6.70. The monoisotopic (exact) mass is 270 g/mol. The minimum atomic E-state index is -0.606. The summed E-state index contributed by atoms with van der Waals surface area (Å²) in [6.45, 7) is 5.53. The maximum absolute atomic E-state index is 10.4. The highest BCUT2D eigenvalue weighted by molar-refractivity contribution is 7.80. The van der Waals surface area contributed by atoms with Gasteiger partial charge in [-0.05, 0) is 32.1 Å². The molecule has 1 heterocycles. The van der Waals surface area contributed by atoms with Gasteiger partial charge in [0.05, 0.1) is 12.3 Å². The van der Waals surface area contributed by atoms with Gasteiger partial charge in [0.15, 0.2) is 10.9 Å². The fourth-order valence-corrected chi connectivity index (χ4v) is 1.55. The van der Waals surface area contributed by atoms with Crippen LogP contribution >= 0.6 is 12.2 Å². The molecule has 0 bridgehead atoms. The second-order valence-electron chi connectivity index (χ2n) is 3.28. The van der Waals surface area contributed by atoms with E-state index in [0.717, 1.165) is 13.1 Å². The quantitative estimate of drug-likeness (QED) is 0.380. The maximum atomic E-state index is 10.4. The predicted octanol–water partition coefficient (Wildman–Crippen LogP) is 1.74. The van der Waals surface area contributed by atoms with Crippen LogP contribution in [0.25, 0.3) is 0 Å². The molecule has 18 heavy (non-hydrogen) atoms. The normalized spacial score (nSPS) is 10.6. The lowest BCUT2D eigenvalue weighted by atomic mass is 10.5. The van der Waals surface area contributed by atoms with E-state index < -0.39 is 4.92 Å². The molecule has 1 aromatic rings. The predicted molar refractivity (Wildman–Crippen MR) is 71.6 cm³/mol. The summed E-state index contributed by atoms with van der Waals surface area (Å²) < 4.78 is 4.89. The third kappa shape index (κ3) is 3.81. The third-order valence-electron chi connectivity index (χ3n) is 2.20. The van der Waals surface area contributed by atoms with E-state index in [4.69, 9.17) is 16.6 Å². The zero-order valence-corrected chi connectivity index (χ0v) is 10.9. The largest absolute Gasteiger partial charge is 0.433 e. The van der Waals surface area contributed by atoms with Crippen molar-refractivity contribution in [1.82, 2.24) is 10.3 Å². The number of rotatable bonds is 5. The van der Waals surface area contributed by atoms with Gasteiger partial charge in [-0.15, -0.1) is 0 Å². The van der Waals surface area contributed by atoms with Gasteiger partial charge in [0.25, 0.3) is 0 Å². The van der Waals surface area contributed by atoms with Gasteiger partial charge in [-0.2, -0.15) is 5.10 Å². The Morgan fingerprint density at radius 3 is 2.78 bits per heavy atom. The number of thiocarbonyl (C=S) groups is 1. The van der Waals surface area contributed by atoms with E-state index in [0.29, 0.717) is 5.11 Å². The highest BCUT2D eigenvalue weighted by Gasteiger charge is 2.10. The van der Waals surface area contributed by atoms with E-state index in [1.54, 1.807) is 0 Å². The van der Waals surface area contributed by atoms with Crippen molar-refractivity contribution in [1.29, 1.82) is 0 Å². The van der Waals surface area contributed by atoms with Crippen LogP contribution in [0.2, 0.25) is 0 Å². The highest BCUT2D eigenvalue weighted by atomic mass is 32.1. The summed E-state index contributed by atoms with van der Waals surface area (Å²) in [5, 5.41) is 14.7. The third-order valence-corrected chi connectivity index (χ3v) is 2.54. The molecule has 0 saturated carbocycles. The van der Waals surface area contributed by atoms with Crippen molar-refractivity contribution in [2.75, 3.05) is 13.1 Å².